The van der Waals surface area contributed by atoms with E-state index in [1.165, 1.54) is 0 Å². The quantitative estimate of drug-likeness (QED) is 0.475. The molecule has 0 bridgehead atoms. The molecular weight excluding hydrogens is 126 g/mol. The van der Waals surface area contributed by atoms with Crippen molar-refractivity contribution >= 4 is 0 Å². The van der Waals surface area contributed by atoms with Crippen LogP contribution >= 0.6 is 0 Å². The highest BCUT2D eigenvalue weighted by Gasteiger charge is 1.80. The smallest absolute Gasteiger partial charge is 0.0929 e. The van der Waals surface area contributed by atoms with Gasteiger partial charge in [0.1, 0.15) is 0 Å². The largest absolute Gasteiger partial charge is 0.499 e. The fraction of sp³-hybridized carbons (Fsp3) is 0.500. The van der Waals surface area contributed by atoms with Gasteiger partial charge in [-0.25, -0.2) is 0 Å². The predicted octanol–water partition coefficient (Wildman–Crippen LogP) is 1.66. The normalized spacial score (nSPS) is 12.1. The van der Waals surface area contributed by atoms with E-state index < -0.39 is 0 Å². The van der Waals surface area contributed by atoms with E-state index >= 15 is 0 Å². The summed E-state index contributed by atoms with van der Waals surface area (Å²) in [6.45, 7) is 4.64. The minimum Gasteiger partial charge on any atom is -0.499 e. The first-order valence-electron chi connectivity index (χ1n) is 3.44. The molecule has 0 aromatic carbocycles. The molecule has 0 aromatic heterocycles. The summed E-state index contributed by atoms with van der Waals surface area (Å²) in [6, 6.07) is 0. The topological polar surface area (TPSA) is 21.3 Å². The van der Waals surface area contributed by atoms with Crippen LogP contribution in [0.1, 0.15) is 13.8 Å². The number of hydrogen-bond acceptors (Lipinski definition) is 2. The standard InChI is InChI=1S/C8H15NO/c1-4-10-8(2)6-5-7-9-3/h5-7,9H,4H2,1-3H3/b7-5+,8-6+. The molecule has 0 spiro atoms. The second-order valence-corrected chi connectivity index (χ2v) is 1.86. The lowest BCUT2D eigenvalue weighted by Gasteiger charge is -1.98. The van der Waals surface area contributed by atoms with Crippen molar-refractivity contribution < 1.29 is 4.74 Å². The molecule has 0 aromatic rings. The summed E-state index contributed by atoms with van der Waals surface area (Å²) in [6.07, 6.45) is 5.67. The number of hydrogen-bond donors (Lipinski definition) is 1. The molecule has 2 heteroatoms. The number of nitrogens with one attached hydrogen (secondary N) is 1. The average molecular weight is 141 g/mol. The molecular formula is C8H15NO. The molecule has 0 saturated carbocycles. The van der Waals surface area contributed by atoms with Crippen LogP contribution in [0.5, 0.6) is 0 Å². The first-order valence-corrected chi connectivity index (χ1v) is 3.44. The van der Waals surface area contributed by atoms with E-state index in [1.54, 1.807) is 0 Å². The van der Waals surface area contributed by atoms with Gasteiger partial charge in [0.25, 0.3) is 0 Å². The first-order chi connectivity index (χ1) is 4.81. The predicted molar refractivity (Wildman–Crippen MR) is 43.6 cm³/mol. The van der Waals surface area contributed by atoms with Crippen molar-refractivity contribution in [3.63, 3.8) is 0 Å². The van der Waals surface area contributed by atoms with Crippen LogP contribution in [0.2, 0.25) is 0 Å². The molecule has 0 amide bonds. The van der Waals surface area contributed by atoms with Crippen molar-refractivity contribution in [3.05, 3.63) is 24.1 Å². The maximum absolute atomic E-state index is 5.17. The Morgan fingerprint density at radius 3 is 2.80 bits per heavy atom. The van der Waals surface area contributed by atoms with Gasteiger partial charge >= 0.3 is 0 Å². The minimum absolute atomic E-state index is 0.732. The zero-order valence-electron chi connectivity index (χ0n) is 6.85. The van der Waals surface area contributed by atoms with Gasteiger partial charge in [-0.1, -0.05) is 0 Å². The van der Waals surface area contributed by atoms with Gasteiger partial charge in [-0.05, 0) is 32.2 Å². The van der Waals surface area contributed by atoms with Crippen LogP contribution in [0, 0.1) is 0 Å². The molecule has 0 radical (unpaired) electrons. The zero-order valence-corrected chi connectivity index (χ0v) is 6.85. The molecule has 0 aliphatic carbocycles. The van der Waals surface area contributed by atoms with Gasteiger partial charge in [-0.15, -0.1) is 0 Å². The average Bonchev–Trinajstić information content (AvgIpc) is 1.89. The SMILES string of the molecule is CCO/C(C)=C/C=C/NC. The Balaban J connectivity index is 3.56. The third-order valence-corrected chi connectivity index (χ3v) is 0.966. The molecule has 58 valence electrons. The van der Waals surface area contributed by atoms with Crippen molar-refractivity contribution in [2.24, 2.45) is 0 Å². The van der Waals surface area contributed by atoms with E-state index in [0.29, 0.717) is 0 Å². The highest BCUT2D eigenvalue weighted by molar-refractivity contribution is 5.04. The maximum Gasteiger partial charge on any atom is 0.0929 e. The van der Waals surface area contributed by atoms with Gasteiger partial charge in [0.2, 0.25) is 0 Å². The second kappa shape index (κ2) is 6.20. The summed E-state index contributed by atoms with van der Waals surface area (Å²) < 4.78 is 5.17. The van der Waals surface area contributed by atoms with Crippen molar-refractivity contribution in [2.45, 2.75) is 13.8 Å². The fourth-order valence-electron chi connectivity index (χ4n) is 0.556. The van der Waals surface area contributed by atoms with Gasteiger partial charge < -0.3 is 10.1 Å². The molecule has 0 atom stereocenters. The Labute approximate surface area is 62.6 Å². The summed E-state index contributed by atoms with van der Waals surface area (Å²) in [7, 11) is 1.86. The van der Waals surface area contributed by atoms with E-state index in [0.717, 1.165) is 12.4 Å². The Kier molecular flexibility index (Phi) is 5.63. The molecule has 1 N–H and O–H groups in total. The van der Waals surface area contributed by atoms with Crippen LogP contribution in [-0.2, 0) is 4.74 Å². The van der Waals surface area contributed by atoms with E-state index in [1.807, 2.05) is 39.2 Å². The lowest BCUT2D eigenvalue weighted by atomic mass is 10.4. The van der Waals surface area contributed by atoms with Crippen LogP contribution in [0.4, 0.5) is 0 Å². The van der Waals surface area contributed by atoms with Gasteiger partial charge in [0.05, 0.1) is 12.4 Å². The van der Waals surface area contributed by atoms with Crippen LogP contribution in [0.15, 0.2) is 24.1 Å². The van der Waals surface area contributed by atoms with Crippen LogP contribution in [0.25, 0.3) is 0 Å². The Hall–Kier alpha value is -0.920. The molecule has 0 heterocycles. The van der Waals surface area contributed by atoms with Gasteiger partial charge in [0.15, 0.2) is 0 Å². The molecule has 0 aliphatic rings. The molecule has 10 heavy (non-hydrogen) atoms. The molecule has 0 rings (SSSR count). The Bertz CT molecular complexity index is 127. The van der Waals surface area contributed by atoms with Crippen molar-refractivity contribution in [1.82, 2.24) is 5.32 Å². The summed E-state index contributed by atoms with van der Waals surface area (Å²) in [5.74, 6) is 0.939. The monoisotopic (exact) mass is 141 g/mol. The summed E-state index contributed by atoms with van der Waals surface area (Å²) >= 11 is 0. The van der Waals surface area contributed by atoms with E-state index in [4.69, 9.17) is 4.74 Å². The fourth-order valence-corrected chi connectivity index (χ4v) is 0.556. The minimum atomic E-state index is 0.732. The van der Waals surface area contributed by atoms with Crippen molar-refractivity contribution in [2.75, 3.05) is 13.7 Å². The van der Waals surface area contributed by atoms with Crippen LogP contribution in [-0.4, -0.2) is 13.7 Å². The van der Waals surface area contributed by atoms with Gasteiger partial charge in [-0.3, -0.25) is 0 Å². The van der Waals surface area contributed by atoms with E-state index in [-0.39, 0.29) is 0 Å². The van der Waals surface area contributed by atoms with E-state index in [9.17, 15) is 0 Å². The van der Waals surface area contributed by atoms with Gasteiger partial charge in [0, 0.05) is 7.05 Å². The molecule has 0 aliphatic heterocycles. The third kappa shape index (κ3) is 5.22. The zero-order chi connectivity index (χ0) is 7.82. The maximum atomic E-state index is 5.17. The van der Waals surface area contributed by atoms with Crippen LogP contribution < -0.4 is 5.32 Å². The Morgan fingerprint density at radius 1 is 1.60 bits per heavy atom. The summed E-state index contributed by atoms with van der Waals surface area (Å²) in [5.41, 5.74) is 0. The molecule has 0 saturated heterocycles. The van der Waals surface area contributed by atoms with E-state index in [2.05, 4.69) is 5.32 Å². The Morgan fingerprint density at radius 2 is 2.30 bits per heavy atom. The van der Waals surface area contributed by atoms with Crippen molar-refractivity contribution in [1.29, 1.82) is 0 Å². The highest BCUT2D eigenvalue weighted by atomic mass is 16.5. The summed E-state index contributed by atoms with van der Waals surface area (Å²) in [4.78, 5) is 0. The number of ether oxygens (including phenoxy) is 1. The highest BCUT2D eigenvalue weighted by Crippen LogP contribution is 1.93. The number of rotatable bonds is 4. The molecule has 0 unspecified atom stereocenters. The molecule has 0 fully saturated rings. The molecule has 2 nitrogen and oxygen atoms in total. The first kappa shape index (κ1) is 9.08. The van der Waals surface area contributed by atoms with Crippen molar-refractivity contribution in [3.8, 4) is 0 Å². The second-order valence-electron chi connectivity index (χ2n) is 1.86. The lowest BCUT2D eigenvalue weighted by molar-refractivity contribution is 0.231. The number of allylic oxidation sites excluding steroid dienone is 3. The summed E-state index contributed by atoms with van der Waals surface area (Å²) in [5, 5.41) is 2.88. The van der Waals surface area contributed by atoms with Gasteiger partial charge in [-0.2, -0.15) is 0 Å². The van der Waals surface area contributed by atoms with Crippen LogP contribution in [0.3, 0.4) is 0 Å². The third-order valence-electron chi connectivity index (χ3n) is 0.966. The lowest BCUT2D eigenvalue weighted by Crippen LogP contribution is -1.90.